The molecule has 1 heterocycles. The van der Waals surface area contributed by atoms with Crippen molar-refractivity contribution in [2.24, 2.45) is 5.92 Å². The van der Waals surface area contributed by atoms with E-state index in [-0.39, 0.29) is 0 Å². The molecule has 4 nitrogen and oxygen atoms in total. The Hall–Kier alpha value is -1.53. The number of methoxy groups -OCH3 is 1. The first-order valence-corrected chi connectivity index (χ1v) is 4.96. The summed E-state index contributed by atoms with van der Waals surface area (Å²) in [5.41, 5.74) is -0.832. The Bertz CT molecular complexity index is 401. The highest BCUT2D eigenvalue weighted by Gasteiger charge is 2.33. The Morgan fingerprint density at radius 2 is 2.06 bits per heavy atom. The second-order valence-corrected chi connectivity index (χ2v) is 3.76. The smallest absolute Gasteiger partial charge is 0.419 e. The molecule has 0 aliphatic carbocycles. The fourth-order valence-corrected chi connectivity index (χ4v) is 1.32. The van der Waals surface area contributed by atoms with E-state index in [2.05, 4.69) is 9.84 Å². The average Bonchev–Trinajstić information content (AvgIpc) is 2.74. The molecule has 2 unspecified atom stereocenters. The van der Waals surface area contributed by atoms with Gasteiger partial charge in [-0.1, -0.05) is 0 Å². The van der Waals surface area contributed by atoms with Crippen LogP contribution in [0.3, 0.4) is 0 Å². The molecule has 1 aromatic rings. The zero-order chi connectivity index (χ0) is 13.2. The van der Waals surface area contributed by atoms with Crippen LogP contribution in [0.15, 0.2) is 12.4 Å². The molecule has 1 aromatic heterocycles. The van der Waals surface area contributed by atoms with Crippen LogP contribution in [0.25, 0.3) is 0 Å². The van der Waals surface area contributed by atoms with Crippen molar-refractivity contribution in [3.63, 3.8) is 0 Å². The Morgan fingerprint density at radius 1 is 1.47 bits per heavy atom. The van der Waals surface area contributed by atoms with Crippen LogP contribution in [0.1, 0.15) is 25.5 Å². The molecule has 0 bridgehead atoms. The van der Waals surface area contributed by atoms with E-state index in [9.17, 15) is 18.0 Å². The molecule has 0 spiro atoms. The van der Waals surface area contributed by atoms with Gasteiger partial charge in [0.2, 0.25) is 0 Å². The molecule has 0 saturated carbocycles. The summed E-state index contributed by atoms with van der Waals surface area (Å²) in [6.45, 7) is 3.18. The zero-order valence-electron chi connectivity index (χ0n) is 9.65. The number of rotatable bonds is 3. The van der Waals surface area contributed by atoms with Gasteiger partial charge < -0.3 is 4.74 Å². The van der Waals surface area contributed by atoms with Crippen LogP contribution in [-0.4, -0.2) is 22.9 Å². The first kappa shape index (κ1) is 13.5. The van der Waals surface area contributed by atoms with Crippen LogP contribution in [0, 0.1) is 5.92 Å². The van der Waals surface area contributed by atoms with Crippen molar-refractivity contribution >= 4 is 5.97 Å². The predicted octanol–water partition coefficient (Wildman–Crippen LogP) is 2.27. The van der Waals surface area contributed by atoms with Gasteiger partial charge in [-0.15, -0.1) is 0 Å². The van der Waals surface area contributed by atoms with Crippen molar-refractivity contribution in [3.8, 4) is 0 Å². The van der Waals surface area contributed by atoms with Crippen molar-refractivity contribution in [3.05, 3.63) is 18.0 Å². The number of halogens is 3. The van der Waals surface area contributed by atoms with Crippen LogP contribution in [0.5, 0.6) is 0 Å². The van der Waals surface area contributed by atoms with E-state index in [0.717, 1.165) is 17.1 Å². The van der Waals surface area contributed by atoms with Gasteiger partial charge in [0, 0.05) is 6.20 Å². The average molecular weight is 250 g/mol. The molecular weight excluding hydrogens is 237 g/mol. The number of hydrogen-bond donors (Lipinski definition) is 0. The number of carbonyl (C=O) groups excluding carboxylic acids is 1. The predicted molar refractivity (Wildman–Crippen MR) is 53.1 cm³/mol. The summed E-state index contributed by atoms with van der Waals surface area (Å²) in [5.74, 6) is -1.05. The van der Waals surface area contributed by atoms with E-state index < -0.39 is 29.7 Å². The fraction of sp³-hybridized carbons (Fsp3) is 0.600. The molecular formula is C10H13F3N2O2. The van der Waals surface area contributed by atoms with Crippen molar-refractivity contribution in [1.29, 1.82) is 0 Å². The quantitative estimate of drug-likeness (QED) is 0.773. The second-order valence-electron chi connectivity index (χ2n) is 3.76. The van der Waals surface area contributed by atoms with Gasteiger partial charge in [-0.2, -0.15) is 18.3 Å². The lowest BCUT2D eigenvalue weighted by molar-refractivity contribution is -0.146. The van der Waals surface area contributed by atoms with Crippen LogP contribution >= 0.6 is 0 Å². The topological polar surface area (TPSA) is 44.1 Å². The van der Waals surface area contributed by atoms with Crippen LogP contribution in [0.2, 0.25) is 0 Å². The van der Waals surface area contributed by atoms with Gasteiger partial charge in [0.05, 0.1) is 30.8 Å². The van der Waals surface area contributed by atoms with Gasteiger partial charge in [-0.3, -0.25) is 9.48 Å². The molecule has 0 N–H and O–H groups in total. The second kappa shape index (κ2) is 4.77. The Morgan fingerprint density at radius 3 is 2.47 bits per heavy atom. The van der Waals surface area contributed by atoms with Gasteiger partial charge >= 0.3 is 12.1 Å². The summed E-state index contributed by atoms with van der Waals surface area (Å²) in [5, 5.41) is 3.61. The number of nitrogens with zero attached hydrogens (tertiary/aromatic N) is 2. The molecule has 0 amide bonds. The largest absolute Gasteiger partial charge is 0.469 e. The van der Waals surface area contributed by atoms with E-state index in [1.54, 1.807) is 13.8 Å². The molecule has 0 saturated heterocycles. The molecule has 0 fully saturated rings. The van der Waals surface area contributed by atoms with E-state index in [1.165, 1.54) is 7.11 Å². The molecule has 0 aliphatic rings. The Kier molecular flexibility index (Phi) is 3.79. The van der Waals surface area contributed by atoms with Crippen LogP contribution < -0.4 is 0 Å². The third kappa shape index (κ3) is 2.98. The lowest BCUT2D eigenvalue weighted by atomic mass is 10.0. The number of hydrogen-bond acceptors (Lipinski definition) is 3. The first-order valence-electron chi connectivity index (χ1n) is 4.96. The summed E-state index contributed by atoms with van der Waals surface area (Å²) in [4.78, 5) is 11.2. The monoisotopic (exact) mass is 250 g/mol. The third-order valence-electron chi connectivity index (χ3n) is 2.64. The fourth-order valence-electron chi connectivity index (χ4n) is 1.32. The molecule has 0 aliphatic heterocycles. The van der Waals surface area contributed by atoms with Gasteiger partial charge in [-0.05, 0) is 13.8 Å². The van der Waals surface area contributed by atoms with Crippen molar-refractivity contribution < 1.29 is 22.7 Å². The lowest BCUT2D eigenvalue weighted by Crippen LogP contribution is -2.23. The zero-order valence-corrected chi connectivity index (χ0v) is 9.65. The number of aromatic nitrogens is 2. The summed E-state index contributed by atoms with van der Waals surface area (Å²) < 4.78 is 42.7. The van der Waals surface area contributed by atoms with Crippen LogP contribution in [-0.2, 0) is 15.7 Å². The first-order chi connectivity index (χ1) is 7.77. The van der Waals surface area contributed by atoms with Gasteiger partial charge in [0.25, 0.3) is 0 Å². The van der Waals surface area contributed by atoms with Crippen LogP contribution in [0.4, 0.5) is 13.2 Å². The summed E-state index contributed by atoms with van der Waals surface area (Å²) in [7, 11) is 1.23. The molecule has 0 radical (unpaired) electrons. The van der Waals surface area contributed by atoms with E-state index in [0.29, 0.717) is 0 Å². The minimum Gasteiger partial charge on any atom is -0.469 e. The maximum Gasteiger partial charge on any atom is 0.419 e. The van der Waals surface area contributed by atoms with Gasteiger partial charge in [0.1, 0.15) is 0 Å². The SMILES string of the molecule is COC(=O)C(C)C(C)n1cc(C(F)(F)F)cn1. The molecule has 2 atom stereocenters. The maximum absolute atomic E-state index is 12.3. The Labute approximate surface area is 96.4 Å². The lowest BCUT2D eigenvalue weighted by Gasteiger charge is -2.17. The standard InChI is InChI=1S/C10H13F3N2O2/c1-6(9(16)17-3)7(2)15-5-8(4-14-15)10(11,12)13/h4-7H,1-3H3. The van der Waals surface area contributed by atoms with Gasteiger partial charge in [-0.25, -0.2) is 0 Å². The molecule has 1 rings (SSSR count). The summed E-state index contributed by atoms with van der Waals surface area (Å²) in [6, 6.07) is -0.501. The highest BCUT2D eigenvalue weighted by Crippen LogP contribution is 2.30. The van der Waals surface area contributed by atoms with E-state index >= 15 is 0 Å². The molecule has 0 aromatic carbocycles. The maximum atomic E-state index is 12.3. The summed E-state index contributed by atoms with van der Waals surface area (Å²) >= 11 is 0. The Balaban J connectivity index is 2.87. The highest BCUT2D eigenvalue weighted by molar-refractivity contribution is 5.72. The third-order valence-corrected chi connectivity index (χ3v) is 2.64. The van der Waals surface area contributed by atoms with Crippen molar-refractivity contribution in [2.75, 3.05) is 7.11 Å². The minimum atomic E-state index is -4.42. The minimum absolute atomic E-state index is 0.485. The van der Waals surface area contributed by atoms with E-state index in [4.69, 9.17) is 0 Å². The number of alkyl halides is 3. The van der Waals surface area contributed by atoms with Gasteiger partial charge in [0.15, 0.2) is 0 Å². The number of ether oxygens (including phenoxy) is 1. The van der Waals surface area contributed by atoms with Crippen molar-refractivity contribution in [1.82, 2.24) is 9.78 Å². The highest BCUT2D eigenvalue weighted by atomic mass is 19.4. The normalized spacial score (nSPS) is 15.4. The van der Waals surface area contributed by atoms with E-state index in [1.807, 2.05) is 0 Å². The van der Waals surface area contributed by atoms with Crippen molar-refractivity contribution in [2.45, 2.75) is 26.1 Å². The molecule has 17 heavy (non-hydrogen) atoms. The number of carbonyl (C=O) groups is 1. The summed E-state index contributed by atoms with van der Waals surface area (Å²) in [6.07, 6.45) is -2.81. The number of esters is 1. The molecule has 7 heteroatoms. The molecule has 96 valence electrons.